The van der Waals surface area contributed by atoms with E-state index in [0.29, 0.717) is 19.4 Å². The molecule has 1 N–H and O–H groups in total. The Morgan fingerprint density at radius 2 is 1.54 bits per heavy atom. The van der Waals surface area contributed by atoms with E-state index < -0.39 is 6.04 Å². The molecule has 0 aliphatic carbocycles. The van der Waals surface area contributed by atoms with Gasteiger partial charge in [-0.2, -0.15) is 0 Å². The number of rotatable bonds is 6. The number of nitrogens with one attached hydrogen (secondary N) is 1. The molecule has 1 unspecified atom stereocenters. The number of fused-ring (bicyclic) bond motifs is 1. The monoisotopic (exact) mass is 462 g/mol. The Labute approximate surface area is 206 Å². The van der Waals surface area contributed by atoms with Crippen molar-refractivity contribution in [3.8, 4) is 11.1 Å². The molecule has 4 heteroatoms. The maximum absolute atomic E-state index is 13.0. The third kappa shape index (κ3) is 5.12. The van der Waals surface area contributed by atoms with Crippen LogP contribution in [0, 0.1) is 0 Å². The predicted octanol–water partition coefficient (Wildman–Crippen LogP) is 6.24. The summed E-state index contributed by atoms with van der Waals surface area (Å²) < 4.78 is 0. The van der Waals surface area contributed by atoms with Gasteiger partial charge in [0.1, 0.15) is 6.04 Å². The maximum atomic E-state index is 13.0. The number of likely N-dealkylation sites (tertiary alicyclic amines) is 1. The van der Waals surface area contributed by atoms with Gasteiger partial charge in [-0.25, -0.2) is 0 Å². The number of anilines is 1. The van der Waals surface area contributed by atoms with Crippen molar-refractivity contribution in [2.75, 3.05) is 11.9 Å². The minimum absolute atomic E-state index is 0.00607. The predicted molar refractivity (Wildman–Crippen MR) is 142 cm³/mol. The Hall–Kier alpha value is -3.92. The summed E-state index contributed by atoms with van der Waals surface area (Å²) in [6.07, 6.45) is 2.90. The highest BCUT2D eigenvalue weighted by molar-refractivity contribution is 5.98. The van der Waals surface area contributed by atoms with Crippen molar-refractivity contribution >= 4 is 28.3 Å². The minimum Gasteiger partial charge on any atom is -0.330 e. The Kier molecular flexibility index (Phi) is 6.62. The van der Waals surface area contributed by atoms with Crippen LogP contribution < -0.4 is 5.32 Å². The number of nitrogens with zero attached hydrogens (tertiary/aromatic N) is 1. The lowest BCUT2D eigenvalue weighted by atomic mass is 9.99. The molecule has 0 saturated carbocycles. The topological polar surface area (TPSA) is 49.4 Å². The SMILES string of the molecule is CCc1ccc2cc(-c3ccc(NC(=O)C4CCCN4C(=O)Cc4ccccc4)cc3)ccc2c1. The van der Waals surface area contributed by atoms with Crippen LogP contribution in [-0.4, -0.2) is 29.3 Å². The Morgan fingerprint density at radius 3 is 2.31 bits per heavy atom. The van der Waals surface area contributed by atoms with E-state index in [2.05, 4.69) is 48.6 Å². The van der Waals surface area contributed by atoms with Gasteiger partial charge in [-0.1, -0.05) is 79.7 Å². The highest BCUT2D eigenvalue weighted by Crippen LogP contribution is 2.27. The molecule has 1 heterocycles. The zero-order valence-electron chi connectivity index (χ0n) is 20.0. The van der Waals surface area contributed by atoms with Crippen LogP contribution in [0.3, 0.4) is 0 Å². The van der Waals surface area contributed by atoms with Crippen LogP contribution in [0.25, 0.3) is 21.9 Å². The molecule has 1 fully saturated rings. The fourth-order valence-corrected chi connectivity index (χ4v) is 4.88. The first-order valence-electron chi connectivity index (χ1n) is 12.4. The van der Waals surface area contributed by atoms with Gasteiger partial charge in [0.2, 0.25) is 11.8 Å². The number of hydrogen-bond acceptors (Lipinski definition) is 2. The van der Waals surface area contributed by atoms with Crippen LogP contribution in [0.5, 0.6) is 0 Å². The van der Waals surface area contributed by atoms with Crippen LogP contribution in [0.2, 0.25) is 0 Å². The number of hydrogen-bond donors (Lipinski definition) is 1. The third-order valence-corrected chi connectivity index (χ3v) is 6.87. The van der Waals surface area contributed by atoms with Gasteiger partial charge < -0.3 is 10.2 Å². The van der Waals surface area contributed by atoms with Gasteiger partial charge in [0.15, 0.2) is 0 Å². The number of amides is 2. The molecule has 1 aliphatic rings. The second kappa shape index (κ2) is 10.1. The summed E-state index contributed by atoms with van der Waals surface area (Å²) in [5.74, 6) is -0.111. The molecule has 1 aliphatic heterocycles. The molecule has 0 bridgehead atoms. The van der Waals surface area contributed by atoms with E-state index in [-0.39, 0.29) is 11.8 Å². The van der Waals surface area contributed by atoms with Crippen LogP contribution in [-0.2, 0) is 22.4 Å². The number of carbonyl (C=O) groups is 2. The lowest BCUT2D eigenvalue weighted by Crippen LogP contribution is -2.43. The van der Waals surface area contributed by atoms with E-state index in [9.17, 15) is 9.59 Å². The second-order valence-corrected chi connectivity index (χ2v) is 9.22. The van der Waals surface area contributed by atoms with Crippen molar-refractivity contribution in [1.29, 1.82) is 0 Å². The van der Waals surface area contributed by atoms with Crippen LogP contribution in [0.4, 0.5) is 5.69 Å². The van der Waals surface area contributed by atoms with E-state index in [4.69, 9.17) is 0 Å². The molecule has 5 rings (SSSR count). The van der Waals surface area contributed by atoms with E-state index in [0.717, 1.165) is 35.2 Å². The van der Waals surface area contributed by atoms with Crippen molar-refractivity contribution in [2.24, 2.45) is 0 Å². The van der Waals surface area contributed by atoms with Gasteiger partial charge >= 0.3 is 0 Å². The van der Waals surface area contributed by atoms with Crippen molar-refractivity contribution < 1.29 is 9.59 Å². The zero-order valence-corrected chi connectivity index (χ0v) is 20.0. The Bertz CT molecular complexity index is 1350. The Balaban J connectivity index is 1.25. The van der Waals surface area contributed by atoms with Gasteiger partial charge in [0.25, 0.3) is 0 Å². The fourth-order valence-electron chi connectivity index (χ4n) is 4.88. The first-order chi connectivity index (χ1) is 17.1. The zero-order chi connectivity index (χ0) is 24.2. The fraction of sp³-hybridized carbons (Fsp3) is 0.226. The number of benzene rings is 4. The molecular weight excluding hydrogens is 432 g/mol. The van der Waals surface area contributed by atoms with Crippen LogP contribution in [0.15, 0.2) is 91.0 Å². The van der Waals surface area contributed by atoms with Crippen molar-refractivity contribution in [1.82, 2.24) is 4.90 Å². The number of aryl methyl sites for hydroxylation is 1. The number of carbonyl (C=O) groups excluding carboxylic acids is 2. The third-order valence-electron chi connectivity index (χ3n) is 6.87. The lowest BCUT2D eigenvalue weighted by molar-refractivity contribution is -0.136. The molecule has 4 aromatic rings. The molecule has 1 atom stereocenters. The lowest BCUT2D eigenvalue weighted by Gasteiger charge is -2.24. The van der Waals surface area contributed by atoms with Gasteiger partial charge in [0.05, 0.1) is 6.42 Å². The first-order valence-corrected chi connectivity index (χ1v) is 12.4. The smallest absolute Gasteiger partial charge is 0.247 e. The quantitative estimate of drug-likeness (QED) is 0.369. The maximum Gasteiger partial charge on any atom is 0.247 e. The summed E-state index contributed by atoms with van der Waals surface area (Å²) in [4.78, 5) is 27.6. The van der Waals surface area contributed by atoms with Gasteiger partial charge in [-0.05, 0) is 70.5 Å². The molecule has 35 heavy (non-hydrogen) atoms. The molecule has 176 valence electrons. The minimum atomic E-state index is -0.417. The van der Waals surface area contributed by atoms with Crippen LogP contribution >= 0.6 is 0 Å². The van der Waals surface area contributed by atoms with E-state index in [1.165, 1.54) is 16.3 Å². The molecule has 4 aromatic carbocycles. The molecule has 2 amide bonds. The highest BCUT2D eigenvalue weighted by atomic mass is 16.2. The standard InChI is InChI=1S/C31H30N2O2/c1-2-22-10-11-27-21-26(13-12-25(27)19-22)24-14-16-28(17-15-24)32-31(35)29-9-6-18-33(29)30(34)20-23-7-4-3-5-8-23/h3-5,7-8,10-17,19,21,29H,2,6,9,18,20H2,1H3,(H,32,35). The van der Waals surface area contributed by atoms with Crippen molar-refractivity contribution in [3.05, 3.63) is 102 Å². The molecule has 1 saturated heterocycles. The summed E-state index contributed by atoms with van der Waals surface area (Å²) in [7, 11) is 0. The Morgan fingerprint density at radius 1 is 0.829 bits per heavy atom. The van der Waals surface area contributed by atoms with E-state index >= 15 is 0 Å². The average Bonchev–Trinajstić information content (AvgIpc) is 3.40. The summed E-state index contributed by atoms with van der Waals surface area (Å²) in [5, 5.41) is 5.49. The van der Waals surface area contributed by atoms with Gasteiger partial charge in [0, 0.05) is 12.2 Å². The molecule has 0 radical (unpaired) electrons. The van der Waals surface area contributed by atoms with Crippen molar-refractivity contribution in [3.63, 3.8) is 0 Å². The summed E-state index contributed by atoms with van der Waals surface area (Å²) in [6, 6.07) is 30.3. The second-order valence-electron chi connectivity index (χ2n) is 9.22. The van der Waals surface area contributed by atoms with Crippen LogP contribution in [0.1, 0.15) is 30.9 Å². The van der Waals surface area contributed by atoms with E-state index in [1.54, 1.807) is 4.90 Å². The van der Waals surface area contributed by atoms with E-state index in [1.807, 2.05) is 54.6 Å². The molecule has 4 nitrogen and oxygen atoms in total. The molecule has 0 spiro atoms. The molecule has 0 aromatic heterocycles. The highest BCUT2D eigenvalue weighted by Gasteiger charge is 2.33. The summed E-state index contributed by atoms with van der Waals surface area (Å²) >= 11 is 0. The first kappa shape index (κ1) is 22.9. The normalized spacial score (nSPS) is 15.3. The summed E-state index contributed by atoms with van der Waals surface area (Å²) in [6.45, 7) is 2.80. The van der Waals surface area contributed by atoms with Gasteiger partial charge in [-0.3, -0.25) is 9.59 Å². The largest absolute Gasteiger partial charge is 0.330 e. The van der Waals surface area contributed by atoms with Gasteiger partial charge in [-0.15, -0.1) is 0 Å². The van der Waals surface area contributed by atoms with Crippen molar-refractivity contribution in [2.45, 2.75) is 38.6 Å². The molecular formula is C31H30N2O2. The summed E-state index contributed by atoms with van der Waals surface area (Å²) in [5.41, 5.74) is 5.30. The average molecular weight is 463 g/mol.